The van der Waals surface area contributed by atoms with E-state index in [2.05, 4.69) is 19.6 Å². The summed E-state index contributed by atoms with van der Waals surface area (Å²) in [5, 5.41) is 13.1. The summed E-state index contributed by atoms with van der Waals surface area (Å²) in [6, 6.07) is 9.91. The third-order valence-electron chi connectivity index (χ3n) is 4.00. The van der Waals surface area contributed by atoms with Crippen LogP contribution >= 0.6 is 0 Å². The second kappa shape index (κ2) is 7.51. The van der Waals surface area contributed by atoms with Crippen LogP contribution in [0.15, 0.2) is 34.9 Å². The second-order valence-electron chi connectivity index (χ2n) is 6.12. The molecule has 136 valence electrons. The number of alkyl halides is 3. The van der Waals surface area contributed by atoms with Gasteiger partial charge in [-0.15, -0.1) is 0 Å². The van der Waals surface area contributed by atoms with Gasteiger partial charge in [0.2, 0.25) is 5.89 Å². The first-order valence-corrected chi connectivity index (χ1v) is 7.96. The van der Waals surface area contributed by atoms with E-state index in [9.17, 15) is 18.3 Å². The van der Waals surface area contributed by atoms with Crippen LogP contribution in [0.4, 0.5) is 13.2 Å². The fourth-order valence-electron chi connectivity index (χ4n) is 2.87. The summed E-state index contributed by atoms with van der Waals surface area (Å²) >= 11 is 0. The van der Waals surface area contributed by atoms with Gasteiger partial charge in [0.1, 0.15) is 0 Å². The first-order chi connectivity index (χ1) is 11.9. The molecule has 1 aromatic heterocycles. The minimum absolute atomic E-state index is 0.0827. The van der Waals surface area contributed by atoms with Crippen molar-refractivity contribution in [3.63, 3.8) is 0 Å². The van der Waals surface area contributed by atoms with Crippen LogP contribution in [-0.4, -0.2) is 57.3 Å². The van der Waals surface area contributed by atoms with E-state index in [-0.39, 0.29) is 12.4 Å². The molecule has 0 bridgehead atoms. The molecule has 2 aromatic rings. The van der Waals surface area contributed by atoms with E-state index < -0.39 is 18.1 Å². The predicted molar refractivity (Wildman–Crippen MR) is 82.3 cm³/mol. The monoisotopic (exact) mass is 356 g/mol. The van der Waals surface area contributed by atoms with Crippen LogP contribution in [0.25, 0.3) is 0 Å². The van der Waals surface area contributed by atoms with Gasteiger partial charge in [0.25, 0.3) is 5.82 Å². The summed E-state index contributed by atoms with van der Waals surface area (Å²) < 4.78 is 42.2. The first kappa shape index (κ1) is 17.8. The summed E-state index contributed by atoms with van der Waals surface area (Å²) in [4.78, 5) is 7.32. The number of hydrogen-bond donors (Lipinski definition) is 1. The highest BCUT2D eigenvalue weighted by atomic mass is 19.4. The van der Waals surface area contributed by atoms with Crippen molar-refractivity contribution in [1.29, 1.82) is 0 Å². The molecule has 3 rings (SSSR count). The second-order valence-corrected chi connectivity index (χ2v) is 6.12. The lowest BCUT2D eigenvalue weighted by Crippen LogP contribution is -2.33. The Balaban J connectivity index is 1.58. The third kappa shape index (κ3) is 5.00. The largest absolute Gasteiger partial charge is 0.455 e. The fraction of sp³-hybridized carbons (Fsp3) is 0.500. The van der Waals surface area contributed by atoms with Gasteiger partial charge in [0.15, 0.2) is 0 Å². The number of β-amino-alcohol motifs (C(OH)–C–C–N with tert-alkyl or cyclic N) is 1. The van der Waals surface area contributed by atoms with Crippen molar-refractivity contribution in [3.05, 3.63) is 47.6 Å². The fourth-order valence-corrected chi connectivity index (χ4v) is 2.87. The van der Waals surface area contributed by atoms with Crippen molar-refractivity contribution in [2.75, 3.05) is 26.2 Å². The van der Waals surface area contributed by atoms with Crippen molar-refractivity contribution < 1.29 is 22.8 Å². The average Bonchev–Trinajstić information content (AvgIpc) is 2.95. The van der Waals surface area contributed by atoms with Gasteiger partial charge in [-0.25, -0.2) is 0 Å². The zero-order chi connectivity index (χ0) is 17.9. The Kier molecular flexibility index (Phi) is 5.36. The molecule has 1 N–H and O–H groups in total. The van der Waals surface area contributed by atoms with Gasteiger partial charge in [-0.2, -0.15) is 18.2 Å². The Morgan fingerprint density at radius 3 is 2.32 bits per heavy atom. The highest BCUT2D eigenvalue weighted by Gasteiger charge is 2.37. The van der Waals surface area contributed by atoms with Crippen LogP contribution in [0.5, 0.6) is 0 Å². The first-order valence-electron chi connectivity index (χ1n) is 7.96. The minimum Gasteiger partial charge on any atom is -0.390 e. The number of halogens is 3. The molecular weight excluding hydrogens is 337 g/mol. The standard InChI is InChI=1S/C16H19F3N4O2/c17-16(18,19)15-20-14(25-21-15)11-23-7-6-22(9-13(24)10-23)8-12-4-2-1-3-5-12/h1-5,13,24H,6-11H2/t13-/m1/s1. The number of nitrogens with zero attached hydrogens (tertiary/aromatic N) is 4. The lowest BCUT2D eigenvalue weighted by atomic mass is 10.2. The Bertz CT molecular complexity index is 678. The highest BCUT2D eigenvalue weighted by molar-refractivity contribution is 5.14. The predicted octanol–water partition coefficient (Wildman–Crippen LogP) is 1.77. The Morgan fingerprint density at radius 2 is 1.72 bits per heavy atom. The van der Waals surface area contributed by atoms with Gasteiger partial charge in [-0.3, -0.25) is 9.80 Å². The van der Waals surface area contributed by atoms with Crippen molar-refractivity contribution in [2.24, 2.45) is 0 Å². The summed E-state index contributed by atoms with van der Waals surface area (Å²) in [5.74, 6) is -1.38. The number of benzene rings is 1. The number of rotatable bonds is 4. The molecule has 1 fully saturated rings. The lowest BCUT2D eigenvalue weighted by molar-refractivity contribution is -0.146. The van der Waals surface area contributed by atoms with Crippen LogP contribution in [0.3, 0.4) is 0 Å². The van der Waals surface area contributed by atoms with Crippen LogP contribution in [-0.2, 0) is 19.3 Å². The molecule has 1 aliphatic heterocycles. The maximum Gasteiger partial charge on any atom is 0.455 e. The molecule has 1 aliphatic rings. The highest BCUT2D eigenvalue weighted by Crippen LogP contribution is 2.26. The molecule has 25 heavy (non-hydrogen) atoms. The molecule has 0 amide bonds. The molecule has 1 aromatic carbocycles. The molecule has 1 saturated heterocycles. The van der Waals surface area contributed by atoms with E-state index >= 15 is 0 Å². The molecule has 0 saturated carbocycles. The normalized spacial score (nSPS) is 20.6. The average molecular weight is 356 g/mol. The molecule has 0 unspecified atom stereocenters. The Labute approximate surface area is 142 Å². The number of aliphatic hydroxyl groups is 1. The minimum atomic E-state index is -4.62. The smallest absolute Gasteiger partial charge is 0.390 e. The maximum absolute atomic E-state index is 12.5. The van der Waals surface area contributed by atoms with Gasteiger partial charge >= 0.3 is 6.18 Å². The van der Waals surface area contributed by atoms with E-state index in [1.54, 1.807) is 0 Å². The van der Waals surface area contributed by atoms with Crippen LogP contribution in [0.2, 0.25) is 0 Å². The quantitative estimate of drug-likeness (QED) is 0.901. The molecule has 0 spiro atoms. The molecule has 2 heterocycles. The van der Waals surface area contributed by atoms with Crippen LogP contribution in [0, 0.1) is 0 Å². The SMILES string of the molecule is O[C@@H]1CN(Cc2ccccc2)CCN(Cc2nc(C(F)(F)F)no2)C1. The zero-order valence-electron chi connectivity index (χ0n) is 13.5. The molecular formula is C16H19F3N4O2. The topological polar surface area (TPSA) is 65.6 Å². The van der Waals surface area contributed by atoms with E-state index in [0.717, 1.165) is 5.56 Å². The van der Waals surface area contributed by atoms with Gasteiger partial charge in [-0.05, 0) is 5.56 Å². The van der Waals surface area contributed by atoms with Gasteiger partial charge < -0.3 is 9.63 Å². The summed E-state index contributed by atoms with van der Waals surface area (Å²) in [6.45, 7) is 2.92. The van der Waals surface area contributed by atoms with Crippen LogP contribution in [0.1, 0.15) is 17.3 Å². The van der Waals surface area contributed by atoms with Gasteiger partial charge in [0, 0.05) is 32.7 Å². The Hall–Kier alpha value is -1.97. The third-order valence-corrected chi connectivity index (χ3v) is 4.00. The van der Waals surface area contributed by atoms with E-state index in [1.807, 2.05) is 35.2 Å². The lowest BCUT2D eigenvalue weighted by Gasteiger charge is -2.21. The van der Waals surface area contributed by atoms with Crippen molar-refractivity contribution in [3.8, 4) is 0 Å². The van der Waals surface area contributed by atoms with Crippen molar-refractivity contribution in [1.82, 2.24) is 19.9 Å². The number of aromatic nitrogens is 2. The number of hydrogen-bond acceptors (Lipinski definition) is 6. The molecule has 0 aliphatic carbocycles. The van der Waals surface area contributed by atoms with Gasteiger partial charge in [0.05, 0.1) is 12.6 Å². The van der Waals surface area contributed by atoms with Crippen molar-refractivity contribution >= 4 is 0 Å². The van der Waals surface area contributed by atoms with E-state index in [4.69, 9.17) is 0 Å². The Morgan fingerprint density at radius 1 is 1.08 bits per heavy atom. The molecule has 6 nitrogen and oxygen atoms in total. The maximum atomic E-state index is 12.5. The molecule has 9 heteroatoms. The molecule has 1 atom stereocenters. The number of aliphatic hydroxyl groups excluding tert-OH is 1. The van der Waals surface area contributed by atoms with E-state index in [1.165, 1.54) is 0 Å². The van der Waals surface area contributed by atoms with E-state index in [0.29, 0.717) is 32.7 Å². The van der Waals surface area contributed by atoms with Gasteiger partial charge in [-0.1, -0.05) is 35.5 Å². The summed E-state index contributed by atoms with van der Waals surface area (Å²) in [5.41, 5.74) is 1.15. The molecule has 0 radical (unpaired) electrons. The summed E-state index contributed by atoms with van der Waals surface area (Å²) in [7, 11) is 0. The summed E-state index contributed by atoms with van der Waals surface area (Å²) in [6.07, 6.45) is -5.22. The van der Waals surface area contributed by atoms with Crippen LogP contribution < -0.4 is 0 Å². The zero-order valence-corrected chi connectivity index (χ0v) is 13.5. The van der Waals surface area contributed by atoms with Crippen molar-refractivity contribution in [2.45, 2.75) is 25.4 Å².